The molecule has 1 amide bonds. The molecule has 2 heterocycles. The Morgan fingerprint density at radius 2 is 1.79 bits per heavy atom. The van der Waals surface area contributed by atoms with E-state index in [1.807, 2.05) is 0 Å². The Morgan fingerprint density at radius 3 is 2.36 bits per heavy atom. The largest absolute Gasteiger partial charge is 0.465 e. The van der Waals surface area contributed by atoms with Crippen LogP contribution < -0.4 is 5.32 Å². The molecule has 0 atom stereocenters. The fourth-order valence-electron chi connectivity index (χ4n) is 2.44. The smallest absolute Gasteiger partial charge is 0.337 e. The number of anilines is 1. The summed E-state index contributed by atoms with van der Waals surface area (Å²) in [5.41, 5.74) is 1.09. The van der Waals surface area contributed by atoms with Gasteiger partial charge in [-0.2, -0.15) is 0 Å². The van der Waals surface area contributed by atoms with Crippen LogP contribution in [0.3, 0.4) is 0 Å². The molecule has 8 nitrogen and oxygen atoms in total. The van der Waals surface area contributed by atoms with E-state index in [4.69, 9.17) is 4.42 Å². The average Bonchev–Trinajstić information content (AvgIpc) is 3.38. The summed E-state index contributed by atoms with van der Waals surface area (Å²) >= 11 is 1.37. The average molecular weight is 400 g/mol. The first-order chi connectivity index (χ1) is 13.5. The van der Waals surface area contributed by atoms with E-state index >= 15 is 0 Å². The molecule has 144 valence electrons. The van der Waals surface area contributed by atoms with E-state index < -0.39 is 11.9 Å². The lowest BCUT2D eigenvalue weighted by atomic mass is 10.1. The zero-order valence-electron chi connectivity index (χ0n) is 15.1. The second kappa shape index (κ2) is 8.49. The molecule has 0 aliphatic rings. The summed E-state index contributed by atoms with van der Waals surface area (Å²) in [6, 6.07) is 7.73. The van der Waals surface area contributed by atoms with Gasteiger partial charge in [0.2, 0.25) is 5.91 Å². The quantitative estimate of drug-likeness (QED) is 0.633. The lowest BCUT2D eigenvalue weighted by Crippen LogP contribution is -2.16. The Bertz CT molecular complexity index is 975. The van der Waals surface area contributed by atoms with Crippen molar-refractivity contribution in [1.29, 1.82) is 0 Å². The van der Waals surface area contributed by atoms with E-state index in [1.54, 1.807) is 23.8 Å². The van der Waals surface area contributed by atoms with Gasteiger partial charge in [0.05, 0.1) is 43.7 Å². The van der Waals surface area contributed by atoms with Crippen molar-refractivity contribution in [1.82, 2.24) is 4.98 Å². The molecule has 28 heavy (non-hydrogen) atoms. The molecule has 0 saturated carbocycles. The highest BCUT2D eigenvalue weighted by Gasteiger charge is 2.16. The highest BCUT2D eigenvalue weighted by Crippen LogP contribution is 2.24. The van der Waals surface area contributed by atoms with E-state index in [2.05, 4.69) is 19.8 Å². The Kier molecular flexibility index (Phi) is 5.85. The van der Waals surface area contributed by atoms with Crippen molar-refractivity contribution in [3.05, 3.63) is 58.8 Å². The summed E-state index contributed by atoms with van der Waals surface area (Å²) in [5.74, 6) is -0.994. The van der Waals surface area contributed by atoms with Gasteiger partial charge in [0.15, 0.2) is 10.8 Å². The van der Waals surface area contributed by atoms with Gasteiger partial charge in [0.25, 0.3) is 0 Å². The number of esters is 2. The first-order valence-electron chi connectivity index (χ1n) is 8.10. The molecule has 0 fully saturated rings. The number of ether oxygens (including phenoxy) is 2. The fourth-order valence-corrected chi connectivity index (χ4v) is 3.23. The van der Waals surface area contributed by atoms with Gasteiger partial charge in [0, 0.05) is 11.1 Å². The third-order valence-electron chi connectivity index (χ3n) is 3.68. The molecule has 0 unspecified atom stereocenters. The number of nitrogens with zero attached hydrogens (tertiary/aromatic N) is 1. The molecular formula is C19H16N2O6S. The highest BCUT2D eigenvalue weighted by molar-refractivity contribution is 7.13. The minimum atomic E-state index is -0.635. The van der Waals surface area contributed by atoms with E-state index in [-0.39, 0.29) is 29.1 Å². The molecule has 9 heteroatoms. The van der Waals surface area contributed by atoms with Crippen LogP contribution in [0.25, 0.3) is 10.8 Å². The predicted octanol–water partition coefficient (Wildman–Crippen LogP) is 3.16. The van der Waals surface area contributed by atoms with Crippen molar-refractivity contribution < 1.29 is 28.3 Å². The van der Waals surface area contributed by atoms with Crippen molar-refractivity contribution in [3.63, 3.8) is 0 Å². The molecule has 0 saturated heterocycles. The molecule has 0 aliphatic carbocycles. The van der Waals surface area contributed by atoms with Crippen LogP contribution in [0, 0.1) is 0 Å². The number of hydrogen-bond acceptors (Lipinski definition) is 8. The number of carbonyl (C=O) groups is 3. The number of thiazole rings is 1. The van der Waals surface area contributed by atoms with Crippen molar-refractivity contribution >= 4 is 34.9 Å². The van der Waals surface area contributed by atoms with Crippen LogP contribution in [0.4, 0.5) is 5.69 Å². The van der Waals surface area contributed by atoms with Crippen LogP contribution in [0.15, 0.2) is 46.4 Å². The number of benzene rings is 1. The molecule has 0 aliphatic heterocycles. The maximum Gasteiger partial charge on any atom is 0.337 e. The molecule has 3 rings (SSSR count). The number of hydrogen-bond donors (Lipinski definition) is 1. The third kappa shape index (κ3) is 4.44. The monoisotopic (exact) mass is 400 g/mol. The first-order valence-corrected chi connectivity index (χ1v) is 8.98. The van der Waals surface area contributed by atoms with Crippen LogP contribution in [0.2, 0.25) is 0 Å². The summed E-state index contributed by atoms with van der Waals surface area (Å²) in [6.45, 7) is 0. The maximum atomic E-state index is 12.4. The molecular weight excluding hydrogens is 384 g/mol. The predicted molar refractivity (Wildman–Crippen MR) is 101 cm³/mol. The normalized spacial score (nSPS) is 10.4. The van der Waals surface area contributed by atoms with Crippen molar-refractivity contribution in [2.45, 2.75) is 6.42 Å². The molecule has 2 aromatic heterocycles. The summed E-state index contributed by atoms with van der Waals surface area (Å²) in [4.78, 5) is 40.4. The minimum Gasteiger partial charge on any atom is -0.465 e. The molecule has 0 radical (unpaired) electrons. The number of rotatable bonds is 6. The van der Waals surface area contributed by atoms with E-state index in [1.165, 1.54) is 43.8 Å². The van der Waals surface area contributed by atoms with Crippen molar-refractivity contribution in [2.24, 2.45) is 0 Å². The van der Waals surface area contributed by atoms with Crippen LogP contribution in [0.5, 0.6) is 0 Å². The zero-order valence-corrected chi connectivity index (χ0v) is 15.9. The van der Waals surface area contributed by atoms with Gasteiger partial charge >= 0.3 is 11.9 Å². The lowest BCUT2D eigenvalue weighted by molar-refractivity contribution is -0.115. The number of amides is 1. The zero-order chi connectivity index (χ0) is 20.1. The van der Waals surface area contributed by atoms with Crippen LogP contribution in [-0.4, -0.2) is 37.0 Å². The highest BCUT2D eigenvalue weighted by atomic mass is 32.1. The fraction of sp³-hybridized carbons (Fsp3) is 0.158. The number of methoxy groups -OCH3 is 2. The first kappa shape index (κ1) is 19.3. The number of carbonyl (C=O) groups excluding carboxylic acids is 3. The second-order valence-electron chi connectivity index (χ2n) is 5.63. The number of nitrogens with one attached hydrogen (secondary N) is 1. The number of furan rings is 1. The topological polar surface area (TPSA) is 108 Å². The Balaban J connectivity index is 1.75. The van der Waals surface area contributed by atoms with Gasteiger partial charge in [-0.3, -0.25) is 4.79 Å². The summed E-state index contributed by atoms with van der Waals surface area (Å²) < 4.78 is 14.6. The molecule has 3 aromatic rings. The van der Waals surface area contributed by atoms with Gasteiger partial charge in [-0.15, -0.1) is 11.3 Å². The molecule has 1 aromatic carbocycles. The third-order valence-corrected chi connectivity index (χ3v) is 4.59. The van der Waals surface area contributed by atoms with E-state index in [0.717, 1.165) is 0 Å². The van der Waals surface area contributed by atoms with Gasteiger partial charge in [0.1, 0.15) is 0 Å². The van der Waals surface area contributed by atoms with Gasteiger partial charge in [-0.25, -0.2) is 14.6 Å². The molecule has 0 spiro atoms. The number of aromatic nitrogens is 1. The summed E-state index contributed by atoms with van der Waals surface area (Å²) in [7, 11) is 2.45. The maximum absolute atomic E-state index is 12.4. The Hall–Kier alpha value is -3.46. The SMILES string of the molecule is COC(=O)c1cc(NC(=O)Cc2csc(-c3ccco3)n2)cc(C(=O)OC)c1. The summed E-state index contributed by atoms with van der Waals surface area (Å²) in [5, 5.41) is 5.10. The second-order valence-corrected chi connectivity index (χ2v) is 6.49. The summed E-state index contributed by atoms with van der Waals surface area (Å²) in [6.07, 6.45) is 1.57. The van der Waals surface area contributed by atoms with Crippen molar-refractivity contribution in [2.75, 3.05) is 19.5 Å². The van der Waals surface area contributed by atoms with Crippen LogP contribution in [-0.2, 0) is 20.7 Å². The van der Waals surface area contributed by atoms with E-state index in [9.17, 15) is 14.4 Å². The van der Waals surface area contributed by atoms with Crippen LogP contribution in [0.1, 0.15) is 26.4 Å². The van der Waals surface area contributed by atoms with Gasteiger partial charge in [-0.1, -0.05) is 0 Å². The molecule has 0 bridgehead atoms. The Labute approximate surface area is 164 Å². The standard InChI is InChI=1S/C19H16N2O6S/c1-25-18(23)11-6-12(19(24)26-2)8-13(7-11)20-16(22)9-14-10-28-17(21-14)15-4-3-5-27-15/h3-8,10H,9H2,1-2H3,(H,20,22). The lowest BCUT2D eigenvalue weighted by Gasteiger charge is -2.09. The Morgan fingerprint density at radius 1 is 1.11 bits per heavy atom. The van der Waals surface area contributed by atoms with Gasteiger partial charge in [-0.05, 0) is 30.3 Å². The van der Waals surface area contributed by atoms with Crippen LogP contribution >= 0.6 is 11.3 Å². The molecule has 1 N–H and O–H groups in total. The minimum absolute atomic E-state index is 0.0210. The van der Waals surface area contributed by atoms with E-state index in [0.29, 0.717) is 16.5 Å². The van der Waals surface area contributed by atoms with Gasteiger partial charge < -0.3 is 19.2 Å². The van der Waals surface area contributed by atoms with Crippen molar-refractivity contribution in [3.8, 4) is 10.8 Å².